The Kier molecular flexibility index (Phi) is 7.89. The zero-order chi connectivity index (χ0) is 24.3. The van der Waals surface area contributed by atoms with Gasteiger partial charge in [-0.2, -0.15) is 8.78 Å². The fourth-order valence-corrected chi connectivity index (χ4v) is 5.61. The van der Waals surface area contributed by atoms with E-state index in [2.05, 4.69) is 13.8 Å². The molecule has 0 atom stereocenters. The Morgan fingerprint density at radius 3 is 1.88 bits per heavy atom. The SMILES string of the molecule is CC1CCC(CCc2ccc(OC(F)(F)c3c(F)cc(C4CCC(C)CC4)cc3F)cc2)CC1. The summed E-state index contributed by atoms with van der Waals surface area (Å²) in [7, 11) is 0. The summed E-state index contributed by atoms with van der Waals surface area (Å²) < 4.78 is 63.8. The van der Waals surface area contributed by atoms with Crippen LogP contribution in [0.5, 0.6) is 5.75 Å². The first-order chi connectivity index (χ1) is 16.2. The van der Waals surface area contributed by atoms with Gasteiger partial charge in [0, 0.05) is 0 Å². The first-order valence-electron chi connectivity index (χ1n) is 12.9. The molecule has 186 valence electrons. The Hall–Kier alpha value is -2.04. The highest BCUT2D eigenvalue weighted by Gasteiger charge is 2.41. The third kappa shape index (κ3) is 6.14. The lowest BCUT2D eigenvalue weighted by molar-refractivity contribution is -0.189. The van der Waals surface area contributed by atoms with Crippen LogP contribution in [-0.2, 0) is 12.5 Å². The van der Waals surface area contributed by atoms with E-state index < -0.39 is 23.3 Å². The number of hydrogen-bond acceptors (Lipinski definition) is 1. The van der Waals surface area contributed by atoms with Crippen LogP contribution in [0.1, 0.15) is 94.2 Å². The lowest BCUT2D eigenvalue weighted by atomic mass is 9.79. The van der Waals surface area contributed by atoms with Crippen LogP contribution in [0.2, 0.25) is 0 Å². The van der Waals surface area contributed by atoms with Crippen LogP contribution in [0.3, 0.4) is 0 Å². The van der Waals surface area contributed by atoms with Crippen LogP contribution in [0, 0.1) is 29.4 Å². The summed E-state index contributed by atoms with van der Waals surface area (Å²) in [5.41, 5.74) is 0.187. The highest BCUT2D eigenvalue weighted by molar-refractivity contribution is 5.33. The normalized spacial score (nSPS) is 25.8. The van der Waals surface area contributed by atoms with Crippen LogP contribution in [0.15, 0.2) is 36.4 Å². The maximum atomic E-state index is 14.8. The van der Waals surface area contributed by atoms with E-state index in [-0.39, 0.29) is 11.7 Å². The van der Waals surface area contributed by atoms with Gasteiger partial charge < -0.3 is 4.74 Å². The number of aryl methyl sites for hydroxylation is 1. The second kappa shape index (κ2) is 10.7. The second-order valence-corrected chi connectivity index (χ2v) is 10.7. The van der Waals surface area contributed by atoms with Gasteiger partial charge in [0.15, 0.2) is 0 Å². The Balaban J connectivity index is 1.39. The van der Waals surface area contributed by atoms with E-state index in [1.165, 1.54) is 37.8 Å². The van der Waals surface area contributed by atoms with Crippen LogP contribution in [-0.4, -0.2) is 0 Å². The van der Waals surface area contributed by atoms with Gasteiger partial charge in [0.1, 0.15) is 22.9 Å². The van der Waals surface area contributed by atoms with Crippen molar-refractivity contribution in [2.24, 2.45) is 17.8 Å². The monoisotopic (exact) mass is 476 g/mol. The molecule has 2 fully saturated rings. The standard InChI is InChI=1S/C29H36F4O/c1-19-3-7-21(8-4-19)9-10-22-11-15-25(16-12-22)34-29(32,33)28-26(30)17-24(18-27(28)31)23-13-5-20(2)6-14-23/h11-12,15-21,23H,3-10,13-14H2,1-2H3. The van der Waals surface area contributed by atoms with Crippen molar-refractivity contribution >= 4 is 0 Å². The van der Waals surface area contributed by atoms with Crippen molar-refractivity contribution in [1.29, 1.82) is 0 Å². The first kappa shape index (κ1) is 25.1. The average molecular weight is 477 g/mol. The average Bonchev–Trinajstić information content (AvgIpc) is 2.79. The van der Waals surface area contributed by atoms with Crippen molar-refractivity contribution in [3.05, 3.63) is 64.7 Å². The molecule has 2 aliphatic rings. The molecule has 0 spiro atoms. The van der Waals surface area contributed by atoms with Crippen molar-refractivity contribution in [3.63, 3.8) is 0 Å². The lowest BCUT2D eigenvalue weighted by Gasteiger charge is -2.27. The summed E-state index contributed by atoms with van der Waals surface area (Å²) in [6, 6.07) is 8.56. The molecule has 1 nitrogen and oxygen atoms in total. The molecule has 0 N–H and O–H groups in total. The van der Waals surface area contributed by atoms with Gasteiger partial charge in [0.2, 0.25) is 0 Å². The smallest absolute Gasteiger partial charge is 0.429 e. The number of hydrogen-bond donors (Lipinski definition) is 0. The fraction of sp³-hybridized carbons (Fsp3) is 0.586. The van der Waals surface area contributed by atoms with Gasteiger partial charge in [0.05, 0.1) is 0 Å². The van der Waals surface area contributed by atoms with Gasteiger partial charge in [-0.3, -0.25) is 0 Å². The summed E-state index contributed by atoms with van der Waals surface area (Å²) in [4.78, 5) is 0. The van der Waals surface area contributed by atoms with E-state index in [9.17, 15) is 17.6 Å². The minimum atomic E-state index is -4.10. The maximum Gasteiger partial charge on any atom is 0.432 e. The van der Waals surface area contributed by atoms with E-state index in [1.807, 2.05) is 0 Å². The molecule has 2 aliphatic carbocycles. The van der Waals surface area contributed by atoms with Gasteiger partial charge in [-0.25, -0.2) is 8.78 Å². The number of benzene rings is 2. The topological polar surface area (TPSA) is 9.23 Å². The summed E-state index contributed by atoms with van der Waals surface area (Å²) in [6.07, 6.45) is 6.53. The maximum absolute atomic E-state index is 14.8. The molecule has 0 aromatic heterocycles. The highest BCUT2D eigenvalue weighted by atomic mass is 19.3. The first-order valence-corrected chi connectivity index (χ1v) is 12.9. The zero-order valence-electron chi connectivity index (χ0n) is 20.3. The van der Waals surface area contributed by atoms with Crippen molar-refractivity contribution < 1.29 is 22.3 Å². The third-order valence-corrected chi connectivity index (χ3v) is 7.99. The summed E-state index contributed by atoms with van der Waals surface area (Å²) >= 11 is 0. The predicted octanol–water partition coefficient (Wildman–Crippen LogP) is 9.15. The molecule has 0 amide bonds. The number of alkyl halides is 2. The van der Waals surface area contributed by atoms with Crippen LogP contribution >= 0.6 is 0 Å². The van der Waals surface area contributed by atoms with E-state index in [0.717, 1.165) is 68.1 Å². The molecule has 0 saturated heterocycles. The van der Waals surface area contributed by atoms with Gasteiger partial charge >= 0.3 is 6.11 Å². The molecule has 0 bridgehead atoms. The van der Waals surface area contributed by atoms with Gasteiger partial charge in [-0.15, -0.1) is 0 Å². The molecular weight excluding hydrogens is 440 g/mol. The number of halogens is 4. The van der Waals surface area contributed by atoms with Gasteiger partial charge in [-0.05, 0) is 84.7 Å². The predicted molar refractivity (Wildman–Crippen MR) is 127 cm³/mol. The molecule has 0 unspecified atom stereocenters. The van der Waals surface area contributed by atoms with E-state index in [1.54, 1.807) is 12.1 Å². The minimum Gasteiger partial charge on any atom is -0.429 e. The van der Waals surface area contributed by atoms with Crippen LogP contribution in [0.25, 0.3) is 0 Å². The molecular formula is C29H36F4O. The van der Waals surface area contributed by atoms with Crippen molar-refractivity contribution in [2.75, 3.05) is 0 Å². The van der Waals surface area contributed by atoms with Crippen LogP contribution in [0.4, 0.5) is 17.6 Å². The van der Waals surface area contributed by atoms with Crippen molar-refractivity contribution in [1.82, 2.24) is 0 Å². The lowest BCUT2D eigenvalue weighted by Crippen LogP contribution is -2.25. The third-order valence-electron chi connectivity index (χ3n) is 7.99. The highest BCUT2D eigenvalue weighted by Crippen LogP contribution is 2.40. The second-order valence-electron chi connectivity index (χ2n) is 10.7. The zero-order valence-corrected chi connectivity index (χ0v) is 20.3. The minimum absolute atomic E-state index is 0.00773. The summed E-state index contributed by atoms with van der Waals surface area (Å²) in [5.74, 6) is -0.476. The molecule has 0 aliphatic heterocycles. The van der Waals surface area contributed by atoms with E-state index in [0.29, 0.717) is 11.5 Å². The Morgan fingerprint density at radius 1 is 0.794 bits per heavy atom. The molecule has 4 rings (SSSR count). The molecule has 5 heteroatoms. The number of rotatable bonds is 7. The van der Waals surface area contributed by atoms with Gasteiger partial charge in [0.25, 0.3) is 0 Å². The molecule has 34 heavy (non-hydrogen) atoms. The largest absolute Gasteiger partial charge is 0.432 e. The molecule has 0 radical (unpaired) electrons. The van der Waals surface area contributed by atoms with E-state index in [4.69, 9.17) is 4.74 Å². The van der Waals surface area contributed by atoms with Crippen molar-refractivity contribution in [3.8, 4) is 5.75 Å². The molecule has 2 aromatic carbocycles. The Bertz CT molecular complexity index is 916. The molecule has 2 aromatic rings. The summed E-state index contributed by atoms with van der Waals surface area (Å²) in [5, 5.41) is 0. The van der Waals surface area contributed by atoms with Crippen LogP contribution < -0.4 is 4.74 Å². The number of ether oxygens (including phenoxy) is 1. The fourth-order valence-electron chi connectivity index (χ4n) is 5.61. The van der Waals surface area contributed by atoms with E-state index >= 15 is 0 Å². The quantitative estimate of drug-likeness (QED) is 0.362. The summed E-state index contributed by atoms with van der Waals surface area (Å²) in [6.45, 7) is 4.45. The molecule has 2 saturated carbocycles. The van der Waals surface area contributed by atoms with Gasteiger partial charge in [-0.1, -0.05) is 64.5 Å². The molecule has 0 heterocycles. The Labute approximate surface area is 200 Å². The van der Waals surface area contributed by atoms with Crippen molar-refractivity contribution in [2.45, 2.75) is 90.1 Å². The Morgan fingerprint density at radius 2 is 1.32 bits per heavy atom.